The van der Waals surface area contributed by atoms with Crippen molar-refractivity contribution >= 4 is 23.5 Å². The molecule has 0 spiro atoms. The van der Waals surface area contributed by atoms with E-state index in [0.29, 0.717) is 0 Å². The Bertz CT molecular complexity index is 698. The highest BCUT2D eigenvalue weighted by atomic mass is 35.5. The highest BCUT2D eigenvalue weighted by Crippen LogP contribution is 2.32. The van der Waals surface area contributed by atoms with E-state index in [-0.39, 0.29) is 11.1 Å². The number of halogens is 2. The molecule has 0 fully saturated rings. The molecule has 0 aliphatic heterocycles. The maximum Gasteiger partial charge on any atom is 0.325 e. The molecular formula is C18H21ClFNO4. The van der Waals surface area contributed by atoms with Crippen LogP contribution in [0.1, 0.15) is 58.6 Å². The van der Waals surface area contributed by atoms with Crippen molar-refractivity contribution in [1.82, 2.24) is 0 Å². The predicted molar refractivity (Wildman–Crippen MR) is 90.6 cm³/mol. The Balaban J connectivity index is 3.42. The summed E-state index contributed by atoms with van der Waals surface area (Å²) < 4.78 is 24.7. The molecule has 0 radical (unpaired) electrons. The van der Waals surface area contributed by atoms with Crippen molar-refractivity contribution in [1.29, 1.82) is 5.26 Å². The molecule has 1 aromatic carbocycles. The predicted octanol–water partition coefficient (Wildman–Crippen LogP) is 4.12. The van der Waals surface area contributed by atoms with E-state index < -0.39 is 39.9 Å². The number of nitriles is 1. The van der Waals surface area contributed by atoms with Gasteiger partial charge >= 0.3 is 11.9 Å². The van der Waals surface area contributed by atoms with E-state index in [1.54, 1.807) is 47.6 Å². The van der Waals surface area contributed by atoms with Crippen LogP contribution in [-0.4, -0.2) is 23.1 Å². The highest BCUT2D eigenvalue weighted by Gasteiger charge is 2.38. The van der Waals surface area contributed by atoms with Gasteiger partial charge in [-0.05, 0) is 53.2 Å². The normalized spacial score (nSPS) is 11.8. The minimum Gasteiger partial charge on any atom is -0.459 e. The molecule has 0 N–H and O–H groups in total. The first-order valence-electron chi connectivity index (χ1n) is 7.60. The Morgan fingerprint density at radius 3 is 1.88 bits per heavy atom. The van der Waals surface area contributed by atoms with Crippen LogP contribution < -0.4 is 0 Å². The number of nitrogens with zero attached hydrogens (tertiary/aromatic N) is 1. The molecule has 7 heteroatoms. The fourth-order valence-electron chi connectivity index (χ4n) is 1.95. The molecule has 1 aromatic rings. The molecule has 136 valence electrons. The average molecular weight is 370 g/mol. The second kappa shape index (κ2) is 7.40. The molecule has 5 nitrogen and oxygen atoms in total. The smallest absolute Gasteiger partial charge is 0.325 e. The van der Waals surface area contributed by atoms with Crippen LogP contribution >= 0.6 is 11.6 Å². The van der Waals surface area contributed by atoms with Gasteiger partial charge in [0.1, 0.15) is 17.3 Å². The summed E-state index contributed by atoms with van der Waals surface area (Å²) in [6.07, 6.45) is 0. The minimum absolute atomic E-state index is 0.110. The average Bonchev–Trinajstić information content (AvgIpc) is 2.40. The lowest BCUT2D eigenvalue weighted by atomic mass is 9.96. The first-order valence-corrected chi connectivity index (χ1v) is 7.98. The molecule has 0 unspecified atom stereocenters. The van der Waals surface area contributed by atoms with Gasteiger partial charge in [-0.1, -0.05) is 17.7 Å². The van der Waals surface area contributed by atoms with Crippen LogP contribution in [0.15, 0.2) is 12.1 Å². The SMILES string of the molecule is CC(C)(C)OC(=O)C(C(=O)OC(C)(C)C)c1ccc(C#N)c(F)c1Cl. The molecule has 0 atom stereocenters. The second-order valence-corrected chi connectivity index (χ2v) is 7.82. The van der Waals surface area contributed by atoms with Crippen molar-refractivity contribution in [2.75, 3.05) is 0 Å². The van der Waals surface area contributed by atoms with Gasteiger partial charge in [-0.25, -0.2) is 4.39 Å². The molecular weight excluding hydrogens is 349 g/mol. The zero-order valence-corrected chi connectivity index (χ0v) is 15.8. The maximum absolute atomic E-state index is 14.2. The Morgan fingerprint density at radius 2 is 1.52 bits per heavy atom. The fraction of sp³-hybridized carbons (Fsp3) is 0.500. The molecule has 0 saturated carbocycles. The van der Waals surface area contributed by atoms with Crippen molar-refractivity contribution in [2.24, 2.45) is 0 Å². The Hall–Kier alpha value is -2.13. The topological polar surface area (TPSA) is 76.4 Å². The summed E-state index contributed by atoms with van der Waals surface area (Å²) in [5.41, 5.74) is -2.13. The number of carbonyl (C=O) groups is 2. The number of hydrogen-bond acceptors (Lipinski definition) is 5. The summed E-state index contributed by atoms with van der Waals surface area (Å²) in [4.78, 5) is 25.1. The Labute approximate surface area is 151 Å². The molecule has 0 heterocycles. The molecule has 0 amide bonds. The zero-order valence-electron chi connectivity index (χ0n) is 15.1. The largest absolute Gasteiger partial charge is 0.459 e. The van der Waals surface area contributed by atoms with Crippen LogP contribution in [0.4, 0.5) is 4.39 Å². The van der Waals surface area contributed by atoms with Crippen LogP contribution in [-0.2, 0) is 19.1 Å². The summed E-state index contributed by atoms with van der Waals surface area (Å²) in [5.74, 6) is -4.38. The third-order valence-corrected chi connectivity index (χ3v) is 3.21. The zero-order chi connectivity index (χ0) is 19.6. The highest BCUT2D eigenvalue weighted by molar-refractivity contribution is 6.32. The van der Waals surface area contributed by atoms with Gasteiger partial charge < -0.3 is 9.47 Å². The number of carbonyl (C=O) groups excluding carboxylic acids is 2. The van der Waals surface area contributed by atoms with Crippen LogP contribution in [0.3, 0.4) is 0 Å². The summed E-state index contributed by atoms with van der Waals surface area (Å²) >= 11 is 5.96. The minimum atomic E-state index is -1.56. The summed E-state index contributed by atoms with van der Waals surface area (Å²) in [5, 5.41) is 8.38. The Morgan fingerprint density at radius 1 is 1.08 bits per heavy atom. The van der Waals surface area contributed by atoms with Crippen LogP contribution in [0.2, 0.25) is 5.02 Å². The van der Waals surface area contributed by atoms with E-state index in [1.165, 1.54) is 6.07 Å². The van der Waals surface area contributed by atoms with E-state index in [0.717, 1.165) is 6.07 Å². The van der Waals surface area contributed by atoms with E-state index in [1.807, 2.05) is 0 Å². The van der Waals surface area contributed by atoms with Crippen LogP contribution in [0.25, 0.3) is 0 Å². The molecule has 0 saturated heterocycles. The van der Waals surface area contributed by atoms with Crippen molar-refractivity contribution in [3.63, 3.8) is 0 Å². The lowest BCUT2D eigenvalue weighted by Crippen LogP contribution is -2.35. The first kappa shape index (κ1) is 20.9. The van der Waals surface area contributed by atoms with Crippen molar-refractivity contribution in [3.8, 4) is 6.07 Å². The van der Waals surface area contributed by atoms with E-state index in [2.05, 4.69) is 0 Å². The van der Waals surface area contributed by atoms with Crippen LogP contribution in [0, 0.1) is 17.1 Å². The lowest BCUT2D eigenvalue weighted by molar-refractivity contribution is -0.169. The van der Waals surface area contributed by atoms with E-state index in [4.69, 9.17) is 26.3 Å². The standard InChI is InChI=1S/C18H21ClFNO4/c1-17(2,3)24-15(22)12(16(23)25-18(4,5)6)11-8-7-10(9-21)14(20)13(11)19/h7-8,12H,1-6H3. The quantitative estimate of drug-likeness (QED) is 0.591. The monoisotopic (exact) mass is 369 g/mol. The molecule has 1 rings (SSSR count). The molecule has 0 aliphatic rings. The van der Waals surface area contributed by atoms with Crippen LogP contribution in [0.5, 0.6) is 0 Å². The van der Waals surface area contributed by atoms with E-state index >= 15 is 0 Å². The first-order chi connectivity index (χ1) is 11.3. The van der Waals surface area contributed by atoms with Gasteiger partial charge in [0, 0.05) is 0 Å². The number of ether oxygens (including phenoxy) is 2. The maximum atomic E-state index is 14.2. The van der Waals surface area contributed by atoms with E-state index in [9.17, 15) is 14.0 Å². The van der Waals surface area contributed by atoms with Crippen molar-refractivity contribution in [3.05, 3.63) is 34.1 Å². The molecule has 0 aromatic heterocycles. The van der Waals surface area contributed by atoms with Gasteiger partial charge in [0.25, 0.3) is 0 Å². The molecule has 0 aliphatic carbocycles. The van der Waals surface area contributed by atoms with Gasteiger partial charge in [-0.3, -0.25) is 9.59 Å². The van der Waals surface area contributed by atoms with Gasteiger partial charge in [-0.2, -0.15) is 5.26 Å². The van der Waals surface area contributed by atoms with Crippen molar-refractivity contribution < 1.29 is 23.5 Å². The number of hydrogen-bond donors (Lipinski definition) is 0. The third-order valence-electron chi connectivity index (χ3n) is 2.83. The molecule has 0 bridgehead atoms. The van der Waals surface area contributed by atoms with Gasteiger partial charge in [-0.15, -0.1) is 0 Å². The molecule has 25 heavy (non-hydrogen) atoms. The van der Waals surface area contributed by atoms with Gasteiger partial charge in [0.05, 0.1) is 10.6 Å². The lowest BCUT2D eigenvalue weighted by Gasteiger charge is -2.27. The fourth-order valence-corrected chi connectivity index (χ4v) is 2.22. The summed E-state index contributed by atoms with van der Waals surface area (Å²) in [6.45, 7) is 9.82. The van der Waals surface area contributed by atoms with Gasteiger partial charge in [0.15, 0.2) is 11.7 Å². The second-order valence-electron chi connectivity index (χ2n) is 7.44. The van der Waals surface area contributed by atoms with Crippen molar-refractivity contribution in [2.45, 2.75) is 58.7 Å². The number of benzene rings is 1. The number of rotatable bonds is 3. The van der Waals surface area contributed by atoms with Gasteiger partial charge in [0.2, 0.25) is 0 Å². The summed E-state index contributed by atoms with van der Waals surface area (Å²) in [6, 6.07) is 4.05. The Kier molecular flexibility index (Phi) is 6.19. The third kappa shape index (κ3) is 5.71. The summed E-state index contributed by atoms with van der Waals surface area (Å²) in [7, 11) is 0. The number of esters is 2.